The number of H-pyrrole nitrogens is 1. The predicted molar refractivity (Wildman–Crippen MR) is 69.3 cm³/mol. The van der Waals surface area contributed by atoms with Gasteiger partial charge in [-0.15, -0.1) is 0 Å². The van der Waals surface area contributed by atoms with Gasteiger partial charge in [0.25, 0.3) is 0 Å². The van der Waals surface area contributed by atoms with E-state index in [0.29, 0.717) is 0 Å². The molecule has 0 aliphatic carbocycles. The fourth-order valence-corrected chi connectivity index (χ4v) is 2.99. The number of benzene rings is 1. The molecule has 1 saturated heterocycles. The number of aromatic nitrogens is 2. The molecule has 0 unspecified atom stereocenters. The average molecular weight is 297 g/mol. The molecular weight excluding hydrogens is 284 g/mol. The third-order valence-electron chi connectivity index (χ3n) is 3.24. The van der Waals surface area contributed by atoms with Gasteiger partial charge in [-0.3, -0.25) is 4.57 Å². The van der Waals surface area contributed by atoms with E-state index in [9.17, 15) is 4.79 Å². The fourth-order valence-electron chi connectivity index (χ4n) is 2.43. The third-order valence-corrected chi connectivity index (χ3v) is 3.88. The van der Waals surface area contributed by atoms with E-state index in [2.05, 4.69) is 20.9 Å². The van der Waals surface area contributed by atoms with E-state index < -0.39 is 0 Å². The Kier molecular flexibility index (Phi) is 2.80. The van der Waals surface area contributed by atoms with Crippen LogP contribution >= 0.6 is 15.9 Å². The molecule has 0 radical (unpaired) electrons. The summed E-state index contributed by atoms with van der Waals surface area (Å²) in [4.78, 5) is 14.9. The van der Waals surface area contributed by atoms with Crippen molar-refractivity contribution in [2.75, 3.05) is 13.2 Å². The van der Waals surface area contributed by atoms with Crippen LogP contribution in [-0.2, 0) is 4.74 Å². The molecule has 4 nitrogen and oxygen atoms in total. The van der Waals surface area contributed by atoms with Crippen molar-refractivity contribution in [2.24, 2.45) is 0 Å². The van der Waals surface area contributed by atoms with Gasteiger partial charge in [0.05, 0.1) is 11.0 Å². The van der Waals surface area contributed by atoms with E-state index in [1.807, 2.05) is 22.8 Å². The Bertz CT molecular complexity index is 596. The van der Waals surface area contributed by atoms with E-state index in [-0.39, 0.29) is 11.7 Å². The van der Waals surface area contributed by atoms with Crippen LogP contribution in [0.1, 0.15) is 18.9 Å². The first-order chi connectivity index (χ1) is 8.27. The van der Waals surface area contributed by atoms with Crippen molar-refractivity contribution >= 4 is 27.0 Å². The zero-order valence-electron chi connectivity index (χ0n) is 9.28. The van der Waals surface area contributed by atoms with E-state index in [1.54, 1.807) is 0 Å². The maximum absolute atomic E-state index is 12.0. The zero-order valence-corrected chi connectivity index (χ0v) is 10.9. The lowest BCUT2D eigenvalue weighted by Gasteiger charge is -2.23. The highest BCUT2D eigenvalue weighted by atomic mass is 79.9. The molecule has 1 aromatic carbocycles. The quantitative estimate of drug-likeness (QED) is 0.879. The third kappa shape index (κ3) is 1.83. The first-order valence-electron chi connectivity index (χ1n) is 5.74. The van der Waals surface area contributed by atoms with Crippen molar-refractivity contribution in [3.8, 4) is 0 Å². The van der Waals surface area contributed by atoms with E-state index in [1.165, 1.54) is 0 Å². The highest BCUT2D eigenvalue weighted by Gasteiger charge is 2.21. The molecular formula is C12H13BrN2O2. The predicted octanol–water partition coefficient (Wildman–Crippen LogP) is 2.44. The van der Waals surface area contributed by atoms with Crippen molar-refractivity contribution < 1.29 is 4.74 Å². The summed E-state index contributed by atoms with van der Waals surface area (Å²) in [5, 5.41) is 0. The smallest absolute Gasteiger partial charge is 0.326 e. The molecule has 17 heavy (non-hydrogen) atoms. The van der Waals surface area contributed by atoms with Crippen LogP contribution in [0.15, 0.2) is 27.5 Å². The first kappa shape index (κ1) is 11.0. The van der Waals surface area contributed by atoms with Crippen LogP contribution < -0.4 is 5.69 Å². The Morgan fingerprint density at radius 3 is 2.88 bits per heavy atom. The largest absolute Gasteiger partial charge is 0.381 e. The molecule has 3 rings (SSSR count). The number of hydrogen-bond donors (Lipinski definition) is 1. The molecule has 1 fully saturated rings. The SMILES string of the molecule is O=c1[nH]c2cccc(Br)c2n1C1CCOCC1. The maximum Gasteiger partial charge on any atom is 0.326 e. The second kappa shape index (κ2) is 4.31. The molecule has 1 aliphatic rings. The minimum absolute atomic E-state index is 0.0289. The second-order valence-electron chi connectivity index (χ2n) is 4.28. The maximum atomic E-state index is 12.0. The normalized spacial score (nSPS) is 17.7. The summed E-state index contributed by atoms with van der Waals surface area (Å²) in [5.74, 6) is 0. The van der Waals surface area contributed by atoms with Crippen LogP contribution in [0.2, 0.25) is 0 Å². The van der Waals surface area contributed by atoms with Crippen molar-refractivity contribution in [2.45, 2.75) is 18.9 Å². The van der Waals surface area contributed by atoms with E-state index in [0.717, 1.165) is 41.6 Å². The van der Waals surface area contributed by atoms with E-state index >= 15 is 0 Å². The number of nitrogens with zero attached hydrogens (tertiary/aromatic N) is 1. The molecule has 90 valence electrons. The van der Waals surface area contributed by atoms with Crippen LogP contribution in [0, 0.1) is 0 Å². The second-order valence-corrected chi connectivity index (χ2v) is 5.13. The van der Waals surface area contributed by atoms with Gasteiger partial charge in [0.15, 0.2) is 0 Å². The summed E-state index contributed by atoms with van der Waals surface area (Å²) in [6.07, 6.45) is 1.79. The molecule has 5 heteroatoms. The van der Waals surface area contributed by atoms with Crippen molar-refractivity contribution in [3.05, 3.63) is 33.2 Å². The number of rotatable bonds is 1. The number of para-hydroxylation sites is 1. The molecule has 2 heterocycles. The van der Waals surface area contributed by atoms with Gasteiger partial charge < -0.3 is 9.72 Å². The molecule has 1 N–H and O–H groups in total. The van der Waals surface area contributed by atoms with Gasteiger partial charge in [-0.2, -0.15) is 0 Å². The summed E-state index contributed by atoms with van der Waals surface area (Å²) in [6.45, 7) is 1.46. The lowest BCUT2D eigenvalue weighted by molar-refractivity contribution is 0.0698. The number of aromatic amines is 1. The summed E-state index contributed by atoms with van der Waals surface area (Å²) in [6, 6.07) is 6.06. The Hall–Kier alpha value is -1.07. The van der Waals surface area contributed by atoms with Crippen LogP contribution in [0.4, 0.5) is 0 Å². The Balaban J connectivity index is 2.20. The van der Waals surface area contributed by atoms with Gasteiger partial charge in [0.2, 0.25) is 0 Å². The van der Waals surface area contributed by atoms with Gasteiger partial charge in [-0.05, 0) is 40.9 Å². The molecule has 0 saturated carbocycles. The standard InChI is InChI=1S/C12H13BrN2O2/c13-9-2-1-3-10-11(9)15(12(16)14-10)8-4-6-17-7-5-8/h1-3,8H,4-7H2,(H,14,16). The molecule has 0 spiro atoms. The number of hydrogen-bond acceptors (Lipinski definition) is 2. The summed E-state index contributed by atoms with van der Waals surface area (Å²) >= 11 is 3.52. The van der Waals surface area contributed by atoms with E-state index in [4.69, 9.17) is 4.74 Å². The average Bonchev–Trinajstić information content (AvgIpc) is 2.68. The van der Waals surface area contributed by atoms with Gasteiger partial charge >= 0.3 is 5.69 Å². The molecule has 0 bridgehead atoms. The van der Waals surface area contributed by atoms with Crippen molar-refractivity contribution in [3.63, 3.8) is 0 Å². The number of ether oxygens (including phenoxy) is 1. The fraction of sp³-hybridized carbons (Fsp3) is 0.417. The number of imidazole rings is 1. The zero-order chi connectivity index (χ0) is 11.8. The Labute approximate surface area is 107 Å². The molecule has 0 amide bonds. The topological polar surface area (TPSA) is 47.0 Å². The van der Waals surface area contributed by atoms with Crippen LogP contribution in [0.3, 0.4) is 0 Å². The Morgan fingerprint density at radius 2 is 2.12 bits per heavy atom. The Morgan fingerprint density at radius 1 is 1.35 bits per heavy atom. The minimum atomic E-state index is -0.0289. The van der Waals surface area contributed by atoms with Crippen molar-refractivity contribution in [1.29, 1.82) is 0 Å². The molecule has 1 aromatic heterocycles. The lowest BCUT2D eigenvalue weighted by atomic mass is 10.1. The van der Waals surface area contributed by atoms with Crippen molar-refractivity contribution in [1.82, 2.24) is 9.55 Å². The highest BCUT2D eigenvalue weighted by molar-refractivity contribution is 9.10. The van der Waals surface area contributed by atoms with Gasteiger partial charge in [0.1, 0.15) is 0 Å². The summed E-state index contributed by atoms with van der Waals surface area (Å²) in [5.41, 5.74) is 1.82. The molecule has 2 aromatic rings. The monoisotopic (exact) mass is 296 g/mol. The highest BCUT2D eigenvalue weighted by Crippen LogP contribution is 2.27. The van der Waals surface area contributed by atoms with Crippen LogP contribution in [-0.4, -0.2) is 22.8 Å². The summed E-state index contributed by atoms with van der Waals surface area (Å²) in [7, 11) is 0. The lowest BCUT2D eigenvalue weighted by Crippen LogP contribution is -2.27. The minimum Gasteiger partial charge on any atom is -0.381 e. The first-order valence-corrected chi connectivity index (χ1v) is 6.53. The number of halogens is 1. The number of nitrogens with one attached hydrogen (secondary N) is 1. The summed E-state index contributed by atoms with van der Waals surface area (Å²) < 4.78 is 8.16. The van der Waals surface area contributed by atoms with Gasteiger partial charge in [0, 0.05) is 23.7 Å². The van der Waals surface area contributed by atoms with Crippen LogP contribution in [0.25, 0.3) is 11.0 Å². The number of fused-ring (bicyclic) bond motifs is 1. The van der Waals surface area contributed by atoms with Crippen LogP contribution in [0.5, 0.6) is 0 Å². The molecule has 1 aliphatic heterocycles. The van der Waals surface area contributed by atoms with Gasteiger partial charge in [-0.1, -0.05) is 6.07 Å². The molecule has 0 atom stereocenters. The van der Waals surface area contributed by atoms with Gasteiger partial charge in [-0.25, -0.2) is 4.79 Å².